The van der Waals surface area contributed by atoms with Gasteiger partial charge in [-0.05, 0) is 66.5 Å². The van der Waals surface area contributed by atoms with Crippen molar-refractivity contribution in [3.8, 4) is 22.5 Å². The summed E-state index contributed by atoms with van der Waals surface area (Å²) in [5.74, 6) is 0.169. The van der Waals surface area contributed by atoms with Gasteiger partial charge in [-0.1, -0.05) is 36.4 Å². The van der Waals surface area contributed by atoms with E-state index in [1.807, 2.05) is 24.3 Å². The molecule has 1 aliphatic carbocycles. The number of rotatable bonds is 4. The van der Waals surface area contributed by atoms with Gasteiger partial charge in [-0.2, -0.15) is 0 Å². The van der Waals surface area contributed by atoms with Crippen LogP contribution in [0, 0.1) is 5.92 Å². The lowest BCUT2D eigenvalue weighted by molar-refractivity contribution is -0.117. The average molecular weight is 617 g/mol. The van der Waals surface area contributed by atoms with E-state index >= 15 is 0 Å². The Hall–Kier alpha value is -5.33. The second-order valence-corrected chi connectivity index (χ2v) is 12.5. The number of nitrogen functional groups attached to an aromatic ring is 3. The van der Waals surface area contributed by atoms with Crippen LogP contribution in [-0.4, -0.2) is 48.4 Å². The summed E-state index contributed by atoms with van der Waals surface area (Å²) in [5, 5.41) is 2.92. The Labute approximate surface area is 261 Å². The van der Waals surface area contributed by atoms with Crippen LogP contribution < -0.4 is 22.5 Å². The lowest BCUT2D eigenvalue weighted by Crippen LogP contribution is -2.28. The lowest BCUT2D eigenvalue weighted by Gasteiger charge is -2.21. The number of nitrogens with one attached hydrogen (secondary N) is 1. The molecule has 13 heteroatoms. The molecule has 7 N–H and O–H groups in total. The first kappa shape index (κ1) is 32.6. The highest BCUT2D eigenvalue weighted by Gasteiger charge is 2.31. The van der Waals surface area contributed by atoms with E-state index in [-0.39, 0.29) is 23.7 Å². The summed E-state index contributed by atoms with van der Waals surface area (Å²) in [6.07, 6.45) is 3.64. The third kappa shape index (κ3) is 8.19. The molecule has 238 valence electrons. The van der Waals surface area contributed by atoms with Crippen molar-refractivity contribution >= 4 is 41.4 Å². The fourth-order valence-corrected chi connectivity index (χ4v) is 4.24. The van der Waals surface area contributed by atoms with Crippen molar-refractivity contribution in [2.75, 3.05) is 22.5 Å². The number of hydrogen-bond donors (Lipinski definition) is 4. The molecule has 2 aromatic carbocycles. The zero-order chi connectivity index (χ0) is 33.1. The van der Waals surface area contributed by atoms with Crippen molar-refractivity contribution < 1.29 is 23.9 Å². The standard InChI is InChI=1S/C18H22N4O3.C14H18N4O2/c1-18(2,3)25-17(24)22-14(10-20-16(22)19)12-6-4-5-7-13(12)21-15(23)11-8-9-11;1-14(2,3)20-13(19)18-11(8-17-12(18)16)9-6-4-5-7-10(9)15/h4-7,10-11H,8-9H2,1-3H3,(H2,19,20)(H,21,23);4-8H,15H2,1-3H3,(H2,16,17). The largest absolute Gasteiger partial charge is 0.443 e. The molecule has 1 amide bonds. The molecule has 1 fully saturated rings. The molecule has 45 heavy (non-hydrogen) atoms. The molecule has 0 spiro atoms. The molecule has 4 aromatic rings. The van der Waals surface area contributed by atoms with Gasteiger partial charge in [-0.15, -0.1) is 0 Å². The fraction of sp³-hybridized carbons (Fsp3) is 0.344. The molecule has 13 nitrogen and oxygen atoms in total. The van der Waals surface area contributed by atoms with Gasteiger partial charge in [0.2, 0.25) is 17.8 Å². The number of carbonyl (C=O) groups is 3. The summed E-state index contributed by atoms with van der Waals surface area (Å²) in [6, 6.07) is 14.4. The summed E-state index contributed by atoms with van der Waals surface area (Å²) in [4.78, 5) is 44.9. The van der Waals surface area contributed by atoms with Gasteiger partial charge in [0.05, 0.1) is 29.5 Å². The SMILES string of the molecule is CC(C)(C)OC(=O)n1c(-c2ccccc2N)cnc1N.CC(C)(C)OC(=O)n1c(-c2ccccc2NC(=O)C2CC2)cnc1N. The highest BCUT2D eigenvalue weighted by atomic mass is 16.6. The van der Waals surface area contributed by atoms with E-state index < -0.39 is 23.4 Å². The third-order valence-electron chi connectivity index (χ3n) is 6.38. The molecule has 1 saturated carbocycles. The third-order valence-corrected chi connectivity index (χ3v) is 6.38. The monoisotopic (exact) mass is 616 g/mol. The van der Waals surface area contributed by atoms with E-state index in [9.17, 15) is 14.4 Å². The first-order valence-electron chi connectivity index (χ1n) is 14.4. The summed E-state index contributed by atoms with van der Waals surface area (Å²) < 4.78 is 13.2. The number of ether oxygens (including phenoxy) is 2. The van der Waals surface area contributed by atoms with Crippen LogP contribution >= 0.6 is 0 Å². The number of carbonyl (C=O) groups excluding carboxylic acids is 3. The maximum Gasteiger partial charge on any atom is 0.421 e. The quantitative estimate of drug-likeness (QED) is 0.205. The first-order chi connectivity index (χ1) is 21.1. The first-order valence-corrected chi connectivity index (χ1v) is 14.4. The maximum atomic E-state index is 12.5. The van der Waals surface area contributed by atoms with Crippen molar-refractivity contribution in [1.29, 1.82) is 0 Å². The van der Waals surface area contributed by atoms with Gasteiger partial charge in [0.15, 0.2) is 0 Å². The van der Waals surface area contributed by atoms with E-state index in [0.717, 1.165) is 12.8 Å². The summed E-state index contributed by atoms with van der Waals surface area (Å²) in [6.45, 7) is 10.7. The molecule has 2 heterocycles. The Balaban J connectivity index is 0.000000210. The molecule has 0 radical (unpaired) electrons. The van der Waals surface area contributed by atoms with Gasteiger partial charge in [0.25, 0.3) is 0 Å². The Morgan fingerprint density at radius 2 is 1.18 bits per heavy atom. The number of imidazole rings is 2. The highest BCUT2D eigenvalue weighted by Crippen LogP contribution is 2.34. The Morgan fingerprint density at radius 3 is 1.64 bits per heavy atom. The predicted octanol–water partition coefficient (Wildman–Crippen LogP) is 5.76. The summed E-state index contributed by atoms with van der Waals surface area (Å²) in [5.41, 5.74) is 19.8. The van der Waals surface area contributed by atoms with Gasteiger partial charge in [-0.3, -0.25) is 4.79 Å². The van der Waals surface area contributed by atoms with Crippen LogP contribution in [0.4, 0.5) is 32.9 Å². The number of hydrogen-bond acceptors (Lipinski definition) is 10. The zero-order valence-corrected chi connectivity index (χ0v) is 26.3. The summed E-state index contributed by atoms with van der Waals surface area (Å²) >= 11 is 0. The van der Waals surface area contributed by atoms with Crippen LogP contribution in [0.25, 0.3) is 22.5 Å². The normalized spacial score (nSPS) is 12.9. The molecule has 0 saturated heterocycles. The smallest absolute Gasteiger partial charge is 0.421 e. The van der Waals surface area contributed by atoms with Gasteiger partial charge in [-0.25, -0.2) is 28.7 Å². The Kier molecular flexibility index (Phi) is 9.21. The topological polar surface area (TPSA) is 195 Å². The minimum atomic E-state index is -0.662. The van der Waals surface area contributed by atoms with Crippen LogP contribution in [-0.2, 0) is 14.3 Å². The Morgan fingerprint density at radius 1 is 0.733 bits per heavy atom. The predicted molar refractivity (Wildman–Crippen MR) is 173 cm³/mol. The fourth-order valence-electron chi connectivity index (χ4n) is 4.24. The molecule has 1 aliphatic rings. The summed E-state index contributed by atoms with van der Waals surface area (Å²) in [7, 11) is 0. The number of para-hydroxylation sites is 2. The molecular weight excluding hydrogens is 576 g/mol. The highest BCUT2D eigenvalue weighted by molar-refractivity contribution is 5.98. The van der Waals surface area contributed by atoms with Gasteiger partial charge in [0, 0.05) is 22.7 Å². The van der Waals surface area contributed by atoms with Crippen LogP contribution in [0.3, 0.4) is 0 Å². The van der Waals surface area contributed by atoms with Gasteiger partial charge < -0.3 is 32.0 Å². The van der Waals surface area contributed by atoms with E-state index in [1.165, 1.54) is 21.5 Å². The molecule has 0 aliphatic heterocycles. The van der Waals surface area contributed by atoms with Crippen LogP contribution in [0.5, 0.6) is 0 Å². The number of nitrogens with two attached hydrogens (primary N) is 3. The van der Waals surface area contributed by atoms with Crippen LogP contribution in [0.15, 0.2) is 60.9 Å². The van der Waals surface area contributed by atoms with Crippen LogP contribution in [0.2, 0.25) is 0 Å². The van der Waals surface area contributed by atoms with Crippen molar-refractivity contribution in [3.63, 3.8) is 0 Å². The molecule has 0 unspecified atom stereocenters. The Bertz CT molecular complexity index is 1710. The van der Waals surface area contributed by atoms with Crippen molar-refractivity contribution in [2.24, 2.45) is 5.92 Å². The van der Waals surface area contributed by atoms with Gasteiger partial charge in [0.1, 0.15) is 11.2 Å². The number of amides is 1. The maximum absolute atomic E-state index is 12.5. The molecule has 0 bridgehead atoms. The zero-order valence-electron chi connectivity index (χ0n) is 26.3. The number of nitrogens with zero attached hydrogens (tertiary/aromatic N) is 4. The second kappa shape index (κ2) is 12.7. The average Bonchev–Trinajstić information content (AvgIpc) is 3.61. The van der Waals surface area contributed by atoms with Crippen LogP contribution in [0.1, 0.15) is 54.4 Å². The lowest BCUT2D eigenvalue weighted by atomic mass is 10.1. The van der Waals surface area contributed by atoms with E-state index in [0.29, 0.717) is 33.9 Å². The second-order valence-electron chi connectivity index (χ2n) is 12.5. The van der Waals surface area contributed by atoms with Crippen molar-refractivity contribution in [2.45, 2.75) is 65.6 Å². The van der Waals surface area contributed by atoms with Gasteiger partial charge >= 0.3 is 12.2 Å². The molecular formula is C32H40N8O5. The van der Waals surface area contributed by atoms with E-state index in [4.69, 9.17) is 26.7 Å². The minimum Gasteiger partial charge on any atom is -0.443 e. The number of anilines is 4. The van der Waals surface area contributed by atoms with E-state index in [1.54, 1.807) is 65.8 Å². The molecule has 5 rings (SSSR count). The number of benzene rings is 2. The van der Waals surface area contributed by atoms with E-state index in [2.05, 4.69) is 15.3 Å². The molecule has 2 aromatic heterocycles. The minimum absolute atomic E-state index is 0.0104. The number of aromatic nitrogens is 4. The molecule has 0 atom stereocenters. The van der Waals surface area contributed by atoms with Crippen molar-refractivity contribution in [3.05, 3.63) is 60.9 Å². The van der Waals surface area contributed by atoms with Crippen molar-refractivity contribution in [1.82, 2.24) is 19.1 Å².